The third kappa shape index (κ3) is 11.5. The average molecular weight is 181 g/mol. The molecule has 0 aromatic rings. The predicted octanol–water partition coefficient (Wildman–Crippen LogP) is 3.34. The molecule has 13 heavy (non-hydrogen) atoms. The third-order valence-electron chi connectivity index (χ3n) is 1.73. The van der Waals surface area contributed by atoms with Crippen molar-refractivity contribution in [2.75, 3.05) is 6.61 Å². The SMILES string of the molecule is [C]#CCCCCCCOC(C)(C)C. The molecule has 1 nitrogen and oxygen atoms in total. The molecule has 0 saturated carbocycles. The van der Waals surface area contributed by atoms with E-state index in [4.69, 9.17) is 11.2 Å². The third-order valence-corrected chi connectivity index (χ3v) is 1.73. The van der Waals surface area contributed by atoms with E-state index in [1.54, 1.807) is 0 Å². The first-order chi connectivity index (χ1) is 6.06. The highest BCUT2D eigenvalue weighted by Gasteiger charge is 2.08. The van der Waals surface area contributed by atoms with Crippen LogP contribution in [0.25, 0.3) is 0 Å². The van der Waals surface area contributed by atoms with Crippen LogP contribution in [0.2, 0.25) is 0 Å². The lowest BCUT2D eigenvalue weighted by Gasteiger charge is -2.19. The Bertz CT molecular complexity index is 147. The average Bonchev–Trinajstić information content (AvgIpc) is 2.01. The quantitative estimate of drug-likeness (QED) is 0.451. The fourth-order valence-electron chi connectivity index (χ4n) is 1.05. The van der Waals surface area contributed by atoms with Gasteiger partial charge in [0.2, 0.25) is 0 Å². The minimum atomic E-state index is 0.00271. The van der Waals surface area contributed by atoms with Crippen molar-refractivity contribution in [2.45, 2.75) is 58.5 Å². The molecule has 0 fully saturated rings. The molecule has 0 bridgehead atoms. The van der Waals surface area contributed by atoms with Gasteiger partial charge in [0.1, 0.15) is 0 Å². The molecule has 0 aromatic carbocycles. The van der Waals surface area contributed by atoms with Gasteiger partial charge in [-0.2, -0.15) is 0 Å². The summed E-state index contributed by atoms with van der Waals surface area (Å²) < 4.78 is 5.58. The molecule has 1 heteroatoms. The van der Waals surface area contributed by atoms with Crippen molar-refractivity contribution in [2.24, 2.45) is 0 Å². The van der Waals surface area contributed by atoms with Crippen LogP contribution >= 0.6 is 0 Å². The normalized spacial score (nSPS) is 11.2. The van der Waals surface area contributed by atoms with Gasteiger partial charge in [-0.1, -0.05) is 18.8 Å². The van der Waals surface area contributed by atoms with E-state index in [9.17, 15) is 0 Å². The first kappa shape index (κ1) is 12.5. The Morgan fingerprint density at radius 1 is 1.08 bits per heavy atom. The lowest BCUT2D eigenvalue weighted by atomic mass is 10.1. The number of unbranched alkanes of at least 4 members (excludes halogenated alkanes) is 4. The van der Waals surface area contributed by atoms with Crippen LogP contribution in [0.1, 0.15) is 52.9 Å². The van der Waals surface area contributed by atoms with Crippen LogP contribution in [0.3, 0.4) is 0 Å². The van der Waals surface area contributed by atoms with Crippen LogP contribution in [0.4, 0.5) is 0 Å². The van der Waals surface area contributed by atoms with Crippen molar-refractivity contribution < 1.29 is 4.74 Å². The van der Waals surface area contributed by atoms with Crippen molar-refractivity contribution in [3.63, 3.8) is 0 Å². The zero-order valence-electron chi connectivity index (χ0n) is 9.15. The van der Waals surface area contributed by atoms with E-state index < -0.39 is 0 Å². The first-order valence-electron chi connectivity index (χ1n) is 5.10. The second kappa shape index (κ2) is 6.97. The lowest BCUT2D eigenvalue weighted by molar-refractivity contribution is -0.00472. The molecule has 0 atom stereocenters. The molecule has 0 aliphatic rings. The summed E-state index contributed by atoms with van der Waals surface area (Å²) in [5.41, 5.74) is 0.00271. The molecule has 0 aliphatic carbocycles. The highest BCUT2D eigenvalue weighted by Crippen LogP contribution is 2.09. The zero-order chi connectivity index (χ0) is 10.2. The minimum absolute atomic E-state index is 0.00271. The molecule has 0 aromatic heterocycles. The van der Waals surface area contributed by atoms with Crippen LogP contribution < -0.4 is 0 Å². The van der Waals surface area contributed by atoms with E-state index in [-0.39, 0.29) is 5.60 Å². The van der Waals surface area contributed by atoms with Gasteiger partial charge in [-0.05, 0) is 40.0 Å². The summed E-state index contributed by atoms with van der Waals surface area (Å²) in [7, 11) is 0. The Morgan fingerprint density at radius 2 is 1.69 bits per heavy atom. The topological polar surface area (TPSA) is 9.23 Å². The zero-order valence-corrected chi connectivity index (χ0v) is 9.15. The second-order valence-corrected chi connectivity index (χ2v) is 4.30. The van der Waals surface area contributed by atoms with Crippen LogP contribution in [0, 0.1) is 12.3 Å². The fourth-order valence-corrected chi connectivity index (χ4v) is 1.05. The van der Waals surface area contributed by atoms with Gasteiger partial charge in [0.15, 0.2) is 0 Å². The summed E-state index contributed by atoms with van der Waals surface area (Å²) in [6.45, 7) is 7.10. The minimum Gasteiger partial charge on any atom is -0.376 e. The molecule has 0 aliphatic heterocycles. The van der Waals surface area contributed by atoms with Gasteiger partial charge >= 0.3 is 0 Å². The van der Waals surface area contributed by atoms with E-state index in [1.165, 1.54) is 12.8 Å². The van der Waals surface area contributed by atoms with Gasteiger partial charge in [0.25, 0.3) is 0 Å². The molecule has 0 amide bonds. The summed E-state index contributed by atoms with van der Waals surface area (Å²) in [6, 6.07) is 0. The van der Waals surface area contributed by atoms with E-state index in [0.717, 1.165) is 25.9 Å². The van der Waals surface area contributed by atoms with Crippen LogP contribution in [0.5, 0.6) is 0 Å². The summed E-state index contributed by atoms with van der Waals surface area (Å²) in [4.78, 5) is 0. The summed E-state index contributed by atoms with van der Waals surface area (Å²) in [5, 5.41) is 0. The van der Waals surface area contributed by atoms with Gasteiger partial charge in [0, 0.05) is 13.0 Å². The van der Waals surface area contributed by atoms with Crippen molar-refractivity contribution >= 4 is 0 Å². The molecule has 0 heterocycles. The monoisotopic (exact) mass is 181 g/mol. The first-order valence-corrected chi connectivity index (χ1v) is 5.10. The highest BCUT2D eigenvalue weighted by atomic mass is 16.5. The maximum absolute atomic E-state index is 6.73. The van der Waals surface area contributed by atoms with Gasteiger partial charge in [0.05, 0.1) is 5.60 Å². The van der Waals surface area contributed by atoms with Gasteiger partial charge in [-0.3, -0.25) is 0 Å². The maximum atomic E-state index is 6.73. The summed E-state index contributed by atoms with van der Waals surface area (Å²) in [5.74, 6) is 2.40. The Hall–Kier alpha value is -0.480. The molecule has 0 N–H and O–H groups in total. The van der Waals surface area contributed by atoms with Gasteiger partial charge in [-0.15, -0.1) is 0 Å². The molecule has 1 radical (unpaired) electrons. The van der Waals surface area contributed by atoms with E-state index in [0.29, 0.717) is 0 Å². The van der Waals surface area contributed by atoms with Crippen LogP contribution in [-0.2, 0) is 4.74 Å². The molecular formula is C12H21O. The molecule has 0 saturated heterocycles. The van der Waals surface area contributed by atoms with Crippen molar-refractivity contribution in [3.8, 4) is 5.92 Å². The molecule has 0 rings (SSSR count). The van der Waals surface area contributed by atoms with E-state index >= 15 is 0 Å². The number of hydrogen-bond donors (Lipinski definition) is 0. The molecule has 0 unspecified atom stereocenters. The van der Waals surface area contributed by atoms with Crippen molar-refractivity contribution in [3.05, 3.63) is 6.42 Å². The van der Waals surface area contributed by atoms with E-state index in [2.05, 4.69) is 26.7 Å². The largest absolute Gasteiger partial charge is 0.376 e. The second-order valence-electron chi connectivity index (χ2n) is 4.30. The lowest BCUT2D eigenvalue weighted by Crippen LogP contribution is -2.19. The predicted molar refractivity (Wildman–Crippen MR) is 55.9 cm³/mol. The molecule has 75 valence electrons. The number of hydrogen-bond acceptors (Lipinski definition) is 1. The number of rotatable bonds is 6. The standard InChI is InChI=1S/C12H21O/c1-5-6-7-8-9-10-11-13-12(2,3)4/h6-11H2,2-4H3. The Balaban J connectivity index is 3.05. The van der Waals surface area contributed by atoms with Crippen LogP contribution in [-0.4, -0.2) is 12.2 Å². The van der Waals surface area contributed by atoms with Crippen LogP contribution in [0.15, 0.2) is 0 Å². The Morgan fingerprint density at radius 3 is 2.23 bits per heavy atom. The summed E-state index contributed by atoms with van der Waals surface area (Å²) >= 11 is 0. The van der Waals surface area contributed by atoms with Crippen molar-refractivity contribution in [1.82, 2.24) is 0 Å². The molecule has 0 spiro atoms. The van der Waals surface area contributed by atoms with Gasteiger partial charge in [-0.25, -0.2) is 0 Å². The Kier molecular flexibility index (Phi) is 6.72. The Labute approximate surface area is 82.9 Å². The fraction of sp³-hybridized carbons (Fsp3) is 0.833. The summed E-state index contributed by atoms with van der Waals surface area (Å²) in [6.07, 6.45) is 12.2. The maximum Gasteiger partial charge on any atom is 0.0598 e. The van der Waals surface area contributed by atoms with Crippen molar-refractivity contribution in [1.29, 1.82) is 0 Å². The number of ether oxygens (including phenoxy) is 1. The smallest absolute Gasteiger partial charge is 0.0598 e. The highest BCUT2D eigenvalue weighted by molar-refractivity contribution is 4.74. The molecular weight excluding hydrogens is 160 g/mol. The van der Waals surface area contributed by atoms with E-state index in [1.807, 2.05) is 0 Å². The van der Waals surface area contributed by atoms with Gasteiger partial charge < -0.3 is 4.74 Å².